The maximum absolute atomic E-state index is 12.2. The standard InChI is InChI=1S/C45H48N2O10/c1-35(45(49)57-33-9-5-3-7-31-55-43-28-20-39(21-29-43)13-11-37-16-24-41(25-17-37)47(52)53)34-44(48)56-32-8-4-2-6-30-54-42-26-18-38(19-27-42)12-10-36-14-22-40(23-15-36)46(50)51/h10-29H,1-9,30-34H2/b12-10+,13-11+. The summed E-state index contributed by atoms with van der Waals surface area (Å²) in [5.41, 5.74) is 3.91. The number of nitrogens with zero attached hydrogens (tertiary/aromatic N) is 2. The number of nitro groups is 2. The monoisotopic (exact) mass is 776 g/mol. The first-order valence-corrected chi connectivity index (χ1v) is 19.0. The highest BCUT2D eigenvalue weighted by molar-refractivity contribution is 5.93. The molecule has 4 aromatic rings. The third-order valence-electron chi connectivity index (χ3n) is 8.66. The van der Waals surface area contributed by atoms with Crippen LogP contribution in [0.15, 0.2) is 109 Å². The number of hydrogen-bond acceptors (Lipinski definition) is 10. The fourth-order valence-corrected chi connectivity index (χ4v) is 5.40. The van der Waals surface area contributed by atoms with Gasteiger partial charge in [0.2, 0.25) is 0 Å². The van der Waals surface area contributed by atoms with Crippen molar-refractivity contribution in [3.63, 3.8) is 0 Å². The molecule has 0 unspecified atom stereocenters. The number of ether oxygens (including phenoxy) is 4. The minimum Gasteiger partial charge on any atom is -0.494 e. The molecule has 298 valence electrons. The van der Waals surface area contributed by atoms with Crippen molar-refractivity contribution < 1.29 is 38.4 Å². The zero-order chi connectivity index (χ0) is 40.7. The van der Waals surface area contributed by atoms with E-state index >= 15 is 0 Å². The summed E-state index contributed by atoms with van der Waals surface area (Å²) in [6.07, 6.45) is 14.1. The molecule has 0 aromatic heterocycles. The molecule has 0 bridgehead atoms. The molecule has 0 fully saturated rings. The molecule has 0 aliphatic rings. The fraction of sp³-hybridized carbons (Fsp3) is 0.289. The summed E-state index contributed by atoms with van der Waals surface area (Å²) < 4.78 is 22.2. The van der Waals surface area contributed by atoms with Gasteiger partial charge < -0.3 is 18.9 Å². The molecule has 0 aliphatic heterocycles. The molecule has 0 amide bonds. The summed E-state index contributed by atoms with van der Waals surface area (Å²) in [6.45, 7) is 5.35. The minimum atomic E-state index is -0.588. The van der Waals surface area contributed by atoms with Crippen molar-refractivity contribution in [3.8, 4) is 11.5 Å². The van der Waals surface area contributed by atoms with Crippen LogP contribution in [0.1, 0.15) is 80.0 Å². The first-order chi connectivity index (χ1) is 27.7. The quantitative estimate of drug-likeness (QED) is 0.0158. The van der Waals surface area contributed by atoms with Gasteiger partial charge in [-0.1, -0.05) is 55.1 Å². The van der Waals surface area contributed by atoms with Gasteiger partial charge in [0, 0.05) is 29.8 Å². The number of hydrogen-bond donors (Lipinski definition) is 0. The van der Waals surface area contributed by atoms with Gasteiger partial charge in [0.15, 0.2) is 0 Å². The van der Waals surface area contributed by atoms with E-state index in [1.165, 1.54) is 24.3 Å². The van der Waals surface area contributed by atoms with Crippen LogP contribution < -0.4 is 9.47 Å². The summed E-state index contributed by atoms with van der Waals surface area (Å²) in [4.78, 5) is 45.1. The van der Waals surface area contributed by atoms with Gasteiger partial charge in [-0.15, -0.1) is 0 Å². The van der Waals surface area contributed by atoms with Crippen LogP contribution >= 0.6 is 0 Å². The van der Waals surface area contributed by atoms with E-state index in [0.29, 0.717) is 26.1 Å². The minimum absolute atomic E-state index is 0.0613. The number of non-ortho nitro benzene ring substituents is 2. The first kappa shape index (κ1) is 43.2. The molecule has 0 radical (unpaired) electrons. The van der Waals surface area contributed by atoms with Gasteiger partial charge in [-0.2, -0.15) is 0 Å². The second-order valence-corrected chi connectivity index (χ2v) is 13.2. The van der Waals surface area contributed by atoms with Gasteiger partial charge in [0.25, 0.3) is 11.4 Å². The van der Waals surface area contributed by atoms with Crippen LogP contribution in [0.25, 0.3) is 24.3 Å². The third-order valence-corrected chi connectivity index (χ3v) is 8.66. The topological polar surface area (TPSA) is 157 Å². The number of rotatable bonds is 25. The smallest absolute Gasteiger partial charge is 0.333 e. The molecule has 0 atom stereocenters. The van der Waals surface area contributed by atoms with Crippen molar-refractivity contribution in [2.45, 2.75) is 57.8 Å². The summed E-state index contributed by atoms with van der Waals surface area (Å²) in [5.74, 6) is 0.450. The molecule has 4 aromatic carbocycles. The maximum Gasteiger partial charge on any atom is 0.333 e. The average Bonchev–Trinajstić information content (AvgIpc) is 3.22. The van der Waals surface area contributed by atoms with Gasteiger partial charge in [-0.25, -0.2) is 4.79 Å². The lowest BCUT2D eigenvalue weighted by Gasteiger charge is -2.09. The zero-order valence-corrected chi connectivity index (χ0v) is 31.9. The highest BCUT2D eigenvalue weighted by atomic mass is 16.6. The highest BCUT2D eigenvalue weighted by Crippen LogP contribution is 2.19. The van der Waals surface area contributed by atoms with Gasteiger partial charge in [-0.05, 0) is 122 Å². The maximum atomic E-state index is 12.2. The lowest BCUT2D eigenvalue weighted by atomic mass is 10.1. The van der Waals surface area contributed by atoms with Crippen molar-refractivity contribution in [1.29, 1.82) is 0 Å². The molecule has 0 saturated heterocycles. The number of benzene rings is 4. The summed E-state index contributed by atoms with van der Waals surface area (Å²) >= 11 is 0. The Morgan fingerprint density at radius 1 is 0.491 bits per heavy atom. The number of nitro benzene ring substituents is 2. The second kappa shape index (κ2) is 24.1. The molecule has 0 N–H and O–H groups in total. The van der Waals surface area contributed by atoms with Crippen LogP contribution in [0, 0.1) is 20.2 Å². The molecule has 0 saturated carbocycles. The zero-order valence-electron chi connectivity index (χ0n) is 31.9. The number of unbranched alkanes of at least 4 members (excludes halogenated alkanes) is 6. The summed E-state index contributed by atoms with van der Waals surface area (Å²) in [7, 11) is 0. The van der Waals surface area contributed by atoms with E-state index in [0.717, 1.165) is 72.3 Å². The molecule has 0 heterocycles. The molecule has 12 heteroatoms. The largest absolute Gasteiger partial charge is 0.494 e. The Hall–Kier alpha value is -6.56. The van der Waals surface area contributed by atoms with Crippen molar-refractivity contribution in [2.75, 3.05) is 26.4 Å². The molecule has 12 nitrogen and oxygen atoms in total. The van der Waals surface area contributed by atoms with E-state index in [1.54, 1.807) is 24.3 Å². The Labute approximate surface area is 332 Å². The average molecular weight is 777 g/mol. The number of carbonyl (C=O) groups excluding carboxylic acids is 2. The van der Waals surface area contributed by atoms with E-state index in [4.69, 9.17) is 18.9 Å². The van der Waals surface area contributed by atoms with E-state index in [-0.39, 0.29) is 36.6 Å². The highest BCUT2D eigenvalue weighted by Gasteiger charge is 2.14. The molecule has 0 aliphatic carbocycles. The molecular weight excluding hydrogens is 728 g/mol. The predicted molar refractivity (Wildman–Crippen MR) is 221 cm³/mol. The van der Waals surface area contributed by atoms with Gasteiger partial charge in [-0.3, -0.25) is 25.0 Å². The van der Waals surface area contributed by atoms with E-state index in [2.05, 4.69) is 6.58 Å². The Bertz CT molecular complexity index is 1950. The Morgan fingerprint density at radius 2 is 0.825 bits per heavy atom. The molecule has 57 heavy (non-hydrogen) atoms. The normalized spacial score (nSPS) is 11.0. The Kier molecular flexibility index (Phi) is 18.2. The van der Waals surface area contributed by atoms with E-state index in [9.17, 15) is 29.8 Å². The third kappa shape index (κ3) is 16.8. The van der Waals surface area contributed by atoms with Crippen molar-refractivity contribution in [2.24, 2.45) is 0 Å². The number of carbonyl (C=O) groups is 2. The summed E-state index contributed by atoms with van der Waals surface area (Å²) in [6, 6.07) is 28.1. The SMILES string of the molecule is C=C(CC(=O)OCCCCCCOc1ccc(/C=C/c2ccc([N+](=O)[O-])cc2)cc1)C(=O)OCCCCCCOc1ccc(/C=C/c2ccc([N+](=O)[O-])cc2)cc1. The lowest BCUT2D eigenvalue weighted by molar-refractivity contribution is -0.385. The van der Waals surface area contributed by atoms with Crippen molar-refractivity contribution >= 4 is 47.6 Å². The Balaban J connectivity index is 0.945. The second-order valence-electron chi connectivity index (χ2n) is 13.2. The van der Waals surface area contributed by atoms with Crippen molar-refractivity contribution in [1.82, 2.24) is 0 Å². The van der Waals surface area contributed by atoms with E-state index in [1.807, 2.05) is 72.8 Å². The van der Waals surface area contributed by atoms with Crippen LogP contribution in [0.3, 0.4) is 0 Å². The van der Waals surface area contributed by atoms with Crippen molar-refractivity contribution in [3.05, 3.63) is 152 Å². The predicted octanol–water partition coefficient (Wildman–Crippen LogP) is 10.5. The van der Waals surface area contributed by atoms with Gasteiger partial charge in [0.05, 0.1) is 42.7 Å². The van der Waals surface area contributed by atoms with Crippen LogP contribution in [-0.2, 0) is 19.1 Å². The molecular formula is C45H48N2O10. The summed E-state index contributed by atoms with van der Waals surface area (Å²) in [5, 5.41) is 21.6. The Morgan fingerprint density at radius 3 is 1.19 bits per heavy atom. The van der Waals surface area contributed by atoms with Gasteiger partial charge in [0.1, 0.15) is 11.5 Å². The fourth-order valence-electron chi connectivity index (χ4n) is 5.40. The molecule has 0 spiro atoms. The van der Waals surface area contributed by atoms with Crippen LogP contribution in [0.4, 0.5) is 11.4 Å². The number of esters is 2. The van der Waals surface area contributed by atoms with Crippen LogP contribution in [0.5, 0.6) is 11.5 Å². The molecule has 4 rings (SSSR count). The van der Waals surface area contributed by atoms with Crippen LogP contribution in [-0.4, -0.2) is 48.2 Å². The van der Waals surface area contributed by atoms with E-state index < -0.39 is 21.8 Å². The lowest BCUT2D eigenvalue weighted by Crippen LogP contribution is -2.14. The van der Waals surface area contributed by atoms with Gasteiger partial charge >= 0.3 is 11.9 Å². The first-order valence-electron chi connectivity index (χ1n) is 19.0. The van der Waals surface area contributed by atoms with Crippen LogP contribution in [0.2, 0.25) is 0 Å².